The lowest BCUT2D eigenvalue weighted by atomic mass is 10.1. The number of alkyl halides is 1. The Morgan fingerprint density at radius 2 is 2.12 bits per heavy atom. The van der Waals surface area contributed by atoms with E-state index in [1.165, 1.54) is 0 Å². The van der Waals surface area contributed by atoms with Crippen molar-refractivity contribution in [3.8, 4) is 11.4 Å². The number of hydrogen-bond acceptors (Lipinski definition) is 2. The molecule has 1 unspecified atom stereocenters. The molecule has 0 saturated carbocycles. The molecule has 0 bridgehead atoms. The Labute approximate surface area is 114 Å². The average molecular weight is 312 g/mol. The molecule has 1 atom stereocenters. The number of benzene rings is 1. The van der Waals surface area contributed by atoms with E-state index >= 15 is 0 Å². The summed E-state index contributed by atoms with van der Waals surface area (Å²) in [4.78, 5) is 8.85. The molecule has 2 rings (SSSR count). The van der Waals surface area contributed by atoms with Crippen LogP contribution < -0.4 is 0 Å². The fourth-order valence-corrected chi connectivity index (χ4v) is 2.25. The lowest BCUT2D eigenvalue weighted by Gasteiger charge is -2.08. The maximum absolute atomic E-state index is 6.04. The zero-order chi connectivity index (χ0) is 12.4. The van der Waals surface area contributed by atoms with E-state index in [0.717, 1.165) is 27.1 Å². The summed E-state index contributed by atoms with van der Waals surface area (Å²) in [5, 5.41) is -0.0634. The summed E-state index contributed by atoms with van der Waals surface area (Å²) in [5.41, 5.74) is 2.90. The lowest BCUT2D eigenvalue weighted by molar-refractivity contribution is 0.976. The molecule has 1 aromatic carbocycles. The Morgan fingerprint density at radius 3 is 2.71 bits per heavy atom. The van der Waals surface area contributed by atoms with Crippen molar-refractivity contribution < 1.29 is 0 Å². The molecule has 0 saturated heterocycles. The Kier molecular flexibility index (Phi) is 3.79. The van der Waals surface area contributed by atoms with Gasteiger partial charge in [-0.2, -0.15) is 0 Å². The highest BCUT2D eigenvalue weighted by molar-refractivity contribution is 9.10. The maximum atomic E-state index is 6.04. The van der Waals surface area contributed by atoms with Gasteiger partial charge in [0.15, 0.2) is 5.82 Å². The van der Waals surface area contributed by atoms with Crippen LogP contribution in [0.1, 0.15) is 23.6 Å². The summed E-state index contributed by atoms with van der Waals surface area (Å²) < 4.78 is 1.02. The molecule has 0 aliphatic carbocycles. The highest BCUT2D eigenvalue weighted by Crippen LogP contribution is 2.24. The van der Waals surface area contributed by atoms with Gasteiger partial charge in [-0.15, -0.1) is 11.6 Å². The molecule has 0 amide bonds. The van der Waals surface area contributed by atoms with Gasteiger partial charge in [-0.3, -0.25) is 0 Å². The molecular weight excluding hydrogens is 300 g/mol. The normalized spacial score (nSPS) is 12.5. The molecule has 0 aliphatic heterocycles. The number of aromatic nitrogens is 2. The van der Waals surface area contributed by atoms with Gasteiger partial charge >= 0.3 is 0 Å². The van der Waals surface area contributed by atoms with Crippen LogP contribution in [0.3, 0.4) is 0 Å². The minimum absolute atomic E-state index is 0.0634. The van der Waals surface area contributed by atoms with Gasteiger partial charge in [0, 0.05) is 27.5 Å². The van der Waals surface area contributed by atoms with Crippen molar-refractivity contribution in [2.24, 2.45) is 0 Å². The quantitative estimate of drug-likeness (QED) is 0.762. The Balaban J connectivity index is 2.44. The SMILES string of the molecule is Cc1nc(-c2cccc(Br)c2)ncc1C(C)Cl. The summed E-state index contributed by atoms with van der Waals surface area (Å²) >= 11 is 9.48. The molecule has 2 nitrogen and oxygen atoms in total. The Hall–Kier alpha value is -0.930. The first-order valence-corrected chi connectivity index (χ1v) is 6.54. The van der Waals surface area contributed by atoms with Crippen molar-refractivity contribution in [2.45, 2.75) is 19.2 Å². The second-order valence-corrected chi connectivity index (χ2v) is 5.43. The molecule has 0 spiro atoms. The first-order valence-electron chi connectivity index (χ1n) is 5.31. The van der Waals surface area contributed by atoms with Crippen molar-refractivity contribution in [1.29, 1.82) is 0 Å². The number of halogens is 2. The molecule has 0 N–H and O–H groups in total. The number of hydrogen-bond donors (Lipinski definition) is 0. The van der Waals surface area contributed by atoms with Crippen molar-refractivity contribution >= 4 is 27.5 Å². The van der Waals surface area contributed by atoms with E-state index < -0.39 is 0 Å². The van der Waals surface area contributed by atoms with Crippen molar-refractivity contribution in [2.75, 3.05) is 0 Å². The largest absolute Gasteiger partial charge is 0.236 e. The summed E-state index contributed by atoms with van der Waals surface area (Å²) in [5.74, 6) is 0.727. The van der Waals surface area contributed by atoms with Gasteiger partial charge in [-0.25, -0.2) is 9.97 Å². The topological polar surface area (TPSA) is 25.8 Å². The molecule has 1 aromatic heterocycles. The predicted octanol–water partition coefficient (Wildman–Crippen LogP) is 4.51. The third-order valence-electron chi connectivity index (χ3n) is 2.53. The number of rotatable bonds is 2. The Morgan fingerprint density at radius 1 is 1.35 bits per heavy atom. The van der Waals surface area contributed by atoms with Crippen LogP contribution in [-0.2, 0) is 0 Å². The summed E-state index contributed by atoms with van der Waals surface area (Å²) in [6, 6.07) is 7.93. The molecular formula is C13H12BrClN2. The van der Waals surface area contributed by atoms with Gasteiger partial charge in [-0.05, 0) is 26.0 Å². The first-order chi connectivity index (χ1) is 8.08. The average Bonchev–Trinajstić information content (AvgIpc) is 2.28. The van der Waals surface area contributed by atoms with Crippen molar-refractivity contribution in [1.82, 2.24) is 9.97 Å². The molecule has 0 radical (unpaired) electrons. The number of nitrogens with zero attached hydrogens (tertiary/aromatic N) is 2. The highest BCUT2D eigenvalue weighted by atomic mass is 79.9. The van der Waals surface area contributed by atoms with Crippen LogP contribution in [0.25, 0.3) is 11.4 Å². The standard InChI is InChI=1S/C13H12BrClN2/c1-8(15)12-7-16-13(17-9(12)2)10-4-3-5-11(14)6-10/h3-8H,1-2H3. The number of aryl methyl sites for hydroxylation is 1. The van der Waals surface area contributed by atoms with Crippen molar-refractivity contribution in [3.05, 3.63) is 46.2 Å². The summed E-state index contributed by atoms with van der Waals surface area (Å²) in [6.07, 6.45) is 1.80. The van der Waals surface area contributed by atoms with E-state index in [0.29, 0.717) is 0 Å². The molecule has 4 heteroatoms. The molecule has 0 fully saturated rings. The zero-order valence-electron chi connectivity index (χ0n) is 9.61. The highest BCUT2D eigenvalue weighted by Gasteiger charge is 2.09. The Bertz CT molecular complexity index is 541. The molecule has 1 heterocycles. The monoisotopic (exact) mass is 310 g/mol. The zero-order valence-corrected chi connectivity index (χ0v) is 12.0. The second kappa shape index (κ2) is 5.15. The van der Waals surface area contributed by atoms with Crippen LogP contribution in [0.4, 0.5) is 0 Å². The third kappa shape index (κ3) is 2.85. The van der Waals surface area contributed by atoms with Crippen LogP contribution in [0.15, 0.2) is 34.9 Å². The minimum Gasteiger partial charge on any atom is -0.236 e. The van der Waals surface area contributed by atoms with E-state index in [1.807, 2.05) is 38.1 Å². The molecule has 2 aromatic rings. The first kappa shape index (κ1) is 12.5. The van der Waals surface area contributed by atoms with E-state index in [4.69, 9.17) is 11.6 Å². The van der Waals surface area contributed by atoms with Gasteiger partial charge in [0.1, 0.15) is 0 Å². The summed E-state index contributed by atoms with van der Waals surface area (Å²) in [7, 11) is 0. The van der Waals surface area contributed by atoms with Gasteiger partial charge < -0.3 is 0 Å². The molecule has 0 aliphatic rings. The molecule has 17 heavy (non-hydrogen) atoms. The van der Waals surface area contributed by atoms with Gasteiger partial charge in [0.05, 0.1) is 5.38 Å². The lowest BCUT2D eigenvalue weighted by Crippen LogP contribution is -1.98. The minimum atomic E-state index is -0.0634. The smallest absolute Gasteiger partial charge is 0.159 e. The van der Waals surface area contributed by atoms with Gasteiger partial charge in [0.25, 0.3) is 0 Å². The van der Waals surface area contributed by atoms with Crippen LogP contribution in [0.2, 0.25) is 0 Å². The van der Waals surface area contributed by atoms with Crippen LogP contribution >= 0.6 is 27.5 Å². The van der Waals surface area contributed by atoms with Gasteiger partial charge in [0.2, 0.25) is 0 Å². The van der Waals surface area contributed by atoms with E-state index in [9.17, 15) is 0 Å². The van der Waals surface area contributed by atoms with Gasteiger partial charge in [-0.1, -0.05) is 28.1 Å². The van der Waals surface area contributed by atoms with Crippen molar-refractivity contribution in [3.63, 3.8) is 0 Å². The second-order valence-electron chi connectivity index (χ2n) is 3.86. The van der Waals surface area contributed by atoms with Crippen LogP contribution in [0, 0.1) is 6.92 Å². The van der Waals surface area contributed by atoms with Crippen LogP contribution in [0.5, 0.6) is 0 Å². The third-order valence-corrected chi connectivity index (χ3v) is 3.26. The van der Waals surface area contributed by atoms with E-state index in [1.54, 1.807) is 6.20 Å². The van der Waals surface area contributed by atoms with E-state index in [-0.39, 0.29) is 5.38 Å². The fourth-order valence-electron chi connectivity index (χ4n) is 1.63. The maximum Gasteiger partial charge on any atom is 0.159 e. The van der Waals surface area contributed by atoms with E-state index in [2.05, 4.69) is 25.9 Å². The molecule has 88 valence electrons. The van der Waals surface area contributed by atoms with Crippen LogP contribution in [-0.4, -0.2) is 9.97 Å². The predicted molar refractivity (Wildman–Crippen MR) is 74.2 cm³/mol. The fraction of sp³-hybridized carbons (Fsp3) is 0.231. The summed E-state index contributed by atoms with van der Waals surface area (Å²) in [6.45, 7) is 3.88.